The molecule has 0 fully saturated rings. The number of hydrogen-bond acceptors (Lipinski definition) is 7. The predicted molar refractivity (Wildman–Crippen MR) is 189 cm³/mol. The van der Waals surface area contributed by atoms with Gasteiger partial charge in [-0.05, 0) is 44.9 Å². The number of phosphoric ester groups is 1. The third-order valence-electron chi connectivity index (χ3n) is 8.41. The molecule has 0 aliphatic rings. The van der Waals surface area contributed by atoms with E-state index in [0.29, 0.717) is 12.2 Å². The first-order valence-electron chi connectivity index (χ1n) is 19.0. The van der Waals surface area contributed by atoms with E-state index in [1.54, 1.807) is 0 Å². The Labute approximate surface area is 282 Å². The molecule has 0 rings (SSSR count). The first-order chi connectivity index (χ1) is 22.3. The second-order valence-electron chi connectivity index (χ2n) is 13.0. The Kier molecular flexibility index (Phi) is 33.1. The van der Waals surface area contributed by atoms with Crippen LogP contribution in [0.3, 0.4) is 0 Å². The van der Waals surface area contributed by atoms with E-state index in [4.69, 9.17) is 10.2 Å². The lowest BCUT2D eigenvalue weighted by Crippen LogP contribution is -2.19. The number of Topliss-reactive ketones (excluding diaryl/α,β-unsaturated/α-hetero) is 1. The summed E-state index contributed by atoms with van der Waals surface area (Å²) in [7, 11) is -4.56. The summed E-state index contributed by atoms with van der Waals surface area (Å²) in [5.41, 5.74) is 0. The lowest BCUT2D eigenvalue weighted by atomic mass is 10.0. The molecule has 0 aliphatic carbocycles. The Bertz CT molecular complexity index is 772. The van der Waals surface area contributed by atoms with Crippen LogP contribution >= 0.6 is 7.82 Å². The van der Waals surface area contributed by atoms with Gasteiger partial charge in [-0.15, -0.1) is 0 Å². The summed E-state index contributed by atoms with van der Waals surface area (Å²) in [6.45, 7) is 1.07. The van der Waals surface area contributed by atoms with Crippen molar-refractivity contribution < 1.29 is 38.3 Å². The Morgan fingerprint density at radius 1 is 0.609 bits per heavy atom. The lowest BCUT2D eigenvalue weighted by molar-refractivity contribution is -0.136. The number of ketones is 1. The van der Waals surface area contributed by atoms with Gasteiger partial charge in [0.2, 0.25) is 0 Å². The van der Waals surface area contributed by atoms with E-state index in [1.807, 2.05) is 0 Å². The molecular formula is C37H71O8P. The molecule has 0 amide bonds. The average Bonchev–Trinajstić information content (AvgIpc) is 3.03. The molecule has 0 spiro atoms. The van der Waals surface area contributed by atoms with Crippen LogP contribution in [0, 0.1) is 0 Å². The smallest absolute Gasteiger partial charge is 0.394 e. The van der Waals surface area contributed by atoms with Gasteiger partial charge in [-0.2, -0.15) is 0 Å². The minimum absolute atomic E-state index is 0.0357. The highest BCUT2D eigenvalue weighted by Gasteiger charge is 2.27. The van der Waals surface area contributed by atoms with Crippen molar-refractivity contribution in [2.24, 2.45) is 0 Å². The van der Waals surface area contributed by atoms with Gasteiger partial charge in [0.15, 0.2) is 0 Å². The molecule has 0 aromatic heterocycles. The van der Waals surface area contributed by atoms with Gasteiger partial charge >= 0.3 is 13.8 Å². The van der Waals surface area contributed by atoms with Crippen LogP contribution in [0.15, 0.2) is 12.2 Å². The SMILES string of the molecule is CCCCCCCCCCCCCCCC(=O)CCCCCCCC/C=C\CCCCCCCC(=O)OP(=O)(O)OCC(O)CO. The summed E-state index contributed by atoms with van der Waals surface area (Å²) in [5, 5.41) is 17.8. The lowest BCUT2D eigenvalue weighted by Gasteiger charge is -2.13. The summed E-state index contributed by atoms with van der Waals surface area (Å²) in [6.07, 6.45) is 36.2. The van der Waals surface area contributed by atoms with Crippen LogP contribution in [-0.2, 0) is 23.2 Å². The topological polar surface area (TPSA) is 130 Å². The molecule has 0 aromatic carbocycles. The summed E-state index contributed by atoms with van der Waals surface area (Å²) in [4.78, 5) is 33.3. The minimum atomic E-state index is -4.56. The standard InChI is InChI=1S/C37H71O8P/c1-2-3-4-5-6-7-8-12-15-18-21-24-27-30-35(39)31-28-25-22-19-16-13-10-9-11-14-17-20-23-26-29-32-37(41)45-46(42,43)44-34-36(40)33-38/h9,11,36,38,40H,2-8,10,12-34H2,1H3,(H,42,43)/b11-9-. The number of carbonyl (C=O) groups excluding carboxylic acids is 2. The van der Waals surface area contributed by atoms with Gasteiger partial charge < -0.3 is 14.7 Å². The molecule has 0 radical (unpaired) electrons. The van der Waals surface area contributed by atoms with Gasteiger partial charge in [0.05, 0.1) is 13.2 Å². The zero-order valence-electron chi connectivity index (χ0n) is 29.5. The zero-order chi connectivity index (χ0) is 34.0. The summed E-state index contributed by atoms with van der Waals surface area (Å²) >= 11 is 0. The van der Waals surface area contributed by atoms with Crippen LogP contribution in [0.1, 0.15) is 193 Å². The second-order valence-corrected chi connectivity index (χ2v) is 14.4. The van der Waals surface area contributed by atoms with Crippen LogP contribution in [0.4, 0.5) is 0 Å². The van der Waals surface area contributed by atoms with Crippen molar-refractivity contribution in [3.63, 3.8) is 0 Å². The Hall–Kier alpha value is -1.05. The number of allylic oxidation sites excluding steroid dienone is 2. The van der Waals surface area contributed by atoms with Crippen LogP contribution in [0.2, 0.25) is 0 Å². The highest BCUT2D eigenvalue weighted by molar-refractivity contribution is 7.48. The molecule has 272 valence electrons. The van der Waals surface area contributed by atoms with Crippen molar-refractivity contribution in [2.45, 2.75) is 199 Å². The third kappa shape index (κ3) is 34.3. The summed E-state index contributed by atoms with van der Waals surface area (Å²) < 4.78 is 20.5. The molecule has 8 nitrogen and oxygen atoms in total. The predicted octanol–water partition coefficient (Wildman–Crippen LogP) is 10.5. The molecule has 0 saturated carbocycles. The van der Waals surface area contributed by atoms with Crippen LogP contribution in [-0.4, -0.2) is 46.2 Å². The normalized spacial score (nSPS) is 13.7. The fourth-order valence-corrected chi connectivity index (χ4v) is 6.25. The van der Waals surface area contributed by atoms with Gasteiger partial charge in [-0.1, -0.05) is 141 Å². The fourth-order valence-electron chi connectivity index (χ4n) is 5.49. The van der Waals surface area contributed by atoms with Crippen LogP contribution in [0.5, 0.6) is 0 Å². The number of carbonyl (C=O) groups is 2. The first-order valence-corrected chi connectivity index (χ1v) is 20.5. The average molecular weight is 675 g/mol. The van der Waals surface area contributed by atoms with Crippen molar-refractivity contribution >= 4 is 19.6 Å². The van der Waals surface area contributed by atoms with Crippen molar-refractivity contribution in [3.05, 3.63) is 12.2 Å². The van der Waals surface area contributed by atoms with Crippen molar-refractivity contribution in [1.29, 1.82) is 0 Å². The minimum Gasteiger partial charge on any atom is -0.394 e. The van der Waals surface area contributed by atoms with Gasteiger partial charge in [-0.25, -0.2) is 4.57 Å². The molecule has 9 heteroatoms. The summed E-state index contributed by atoms with van der Waals surface area (Å²) in [5.74, 6) is -0.341. The molecule has 2 unspecified atom stereocenters. The molecule has 0 heterocycles. The maximum atomic E-state index is 12.1. The highest BCUT2D eigenvalue weighted by atomic mass is 31.2. The fraction of sp³-hybridized carbons (Fsp3) is 0.892. The summed E-state index contributed by atoms with van der Waals surface area (Å²) in [6, 6.07) is 0. The molecule has 0 saturated heterocycles. The Morgan fingerprint density at radius 3 is 1.39 bits per heavy atom. The number of aliphatic hydroxyl groups excluding tert-OH is 2. The van der Waals surface area contributed by atoms with Gasteiger partial charge in [-0.3, -0.25) is 19.0 Å². The van der Waals surface area contributed by atoms with E-state index in [9.17, 15) is 19.0 Å². The zero-order valence-corrected chi connectivity index (χ0v) is 30.4. The molecule has 0 aromatic rings. The highest BCUT2D eigenvalue weighted by Crippen LogP contribution is 2.43. The van der Waals surface area contributed by atoms with E-state index in [0.717, 1.165) is 64.2 Å². The Balaban J connectivity index is 3.38. The van der Waals surface area contributed by atoms with E-state index < -0.39 is 33.1 Å². The number of unbranched alkanes of at least 4 members (excludes halogenated alkanes) is 23. The van der Waals surface area contributed by atoms with Crippen LogP contribution in [0.25, 0.3) is 0 Å². The monoisotopic (exact) mass is 674 g/mol. The van der Waals surface area contributed by atoms with E-state index >= 15 is 0 Å². The van der Waals surface area contributed by atoms with E-state index in [2.05, 4.69) is 28.1 Å². The number of hydrogen-bond donors (Lipinski definition) is 3. The maximum Gasteiger partial charge on any atom is 0.529 e. The number of rotatable bonds is 36. The molecule has 46 heavy (non-hydrogen) atoms. The number of phosphoric acid groups is 1. The maximum absolute atomic E-state index is 12.1. The number of aliphatic hydroxyl groups is 2. The van der Waals surface area contributed by atoms with Crippen LogP contribution < -0.4 is 0 Å². The van der Waals surface area contributed by atoms with Gasteiger partial charge in [0.25, 0.3) is 0 Å². The largest absolute Gasteiger partial charge is 0.529 e. The first kappa shape index (κ1) is 45.0. The van der Waals surface area contributed by atoms with Gasteiger partial charge in [0.1, 0.15) is 11.9 Å². The Morgan fingerprint density at radius 2 is 0.978 bits per heavy atom. The van der Waals surface area contributed by atoms with Crippen molar-refractivity contribution in [2.75, 3.05) is 13.2 Å². The molecule has 2 atom stereocenters. The van der Waals surface area contributed by atoms with E-state index in [1.165, 1.54) is 109 Å². The second kappa shape index (κ2) is 33.8. The van der Waals surface area contributed by atoms with Crippen molar-refractivity contribution in [1.82, 2.24) is 0 Å². The molecule has 0 aliphatic heterocycles. The third-order valence-corrected chi connectivity index (χ3v) is 9.32. The quantitative estimate of drug-likeness (QED) is 0.0340. The molecule has 3 N–H and O–H groups in total. The van der Waals surface area contributed by atoms with E-state index in [-0.39, 0.29) is 6.42 Å². The van der Waals surface area contributed by atoms with Gasteiger partial charge in [0, 0.05) is 19.3 Å². The molecule has 0 bridgehead atoms. The molecular weight excluding hydrogens is 603 g/mol. The van der Waals surface area contributed by atoms with Crippen molar-refractivity contribution in [3.8, 4) is 0 Å².